The van der Waals surface area contributed by atoms with Crippen LogP contribution in [0.15, 0.2) is 59.8 Å². The van der Waals surface area contributed by atoms with Crippen molar-refractivity contribution in [2.75, 3.05) is 18.1 Å². The normalized spacial score (nSPS) is 18.1. The van der Waals surface area contributed by atoms with Gasteiger partial charge in [0.05, 0.1) is 35.4 Å². The van der Waals surface area contributed by atoms with Gasteiger partial charge in [0.15, 0.2) is 6.35 Å². The van der Waals surface area contributed by atoms with E-state index in [4.69, 9.17) is 10.00 Å². The van der Waals surface area contributed by atoms with Crippen molar-refractivity contribution in [3.8, 4) is 6.07 Å². The molecular formula is C24H23F3N4O4. The molecule has 8 nitrogen and oxygen atoms in total. The number of carbonyl (C=O) groups excluding carboxylic acids is 2. The summed E-state index contributed by atoms with van der Waals surface area (Å²) in [6, 6.07) is 11.7. The molecule has 2 aromatic rings. The van der Waals surface area contributed by atoms with Gasteiger partial charge in [-0.1, -0.05) is 18.2 Å². The number of benzene rings is 2. The Labute approximate surface area is 199 Å². The highest BCUT2D eigenvalue weighted by Crippen LogP contribution is 2.37. The average molecular weight is 488 g/mol. The summed E-state index contributed by atoms with van der Waals surface area (Å²) >= 11 is 0. The summed E-state index contributed by atoms with van der Waals surface area (Å²) in [5.74, 6) is -1.08. The standard InChI is InChI=1S/C24H23F3N4O4/c1-14-20(22(33)35-11-10-29-15(2)32)21(17-8-6-16(13-28)7-9-17)30-23(34)31(14)19-5-3-4-18(12-19)24(25,26)27/h3-9,12,21,23,30,34H,10-11H2,1-2H3,(H,29,32). The predicted octanol–water partition coefficient (Wildman–Crippen LogP) is 2.96. The fraction of sp³-hybridized carbons (Fsp3) is 0.292. The van der Waals surface area contributed by atoms with E-state index in [0.717, 1.165) is 12.1 Å². The largest absolute Gasteiger partial charge is 0.460 e. The zero-order chi connectivity index (χ0) is 25.8. The van der Waals surface area contributed by atoms with E-state index in [1.807, 2.05) is 6.07 Å². The van der Waals surface area contributed by atoms with Crippen molar-refractivity contribution >= 4 is 17.6 Å². The minimum absolute atomic E-state index is 0.0131. The molecule has 2 unspecified atom stereocenters. The van der Waals surface area contributed by atoms with E-state index in [1.54, 1.807) is 12.1 Å². The van der Waals surface area contributed by atoms with Gasteiger partial charge in [-0.25, -0.2) is 4.79 Å². The number of ether oxygens (including phenoxy) is 1. The van der Waals surface area contributed by atoms with Crippen molar-refractivity contribution in [3.63, 3.8) is 0 Å². The molecule has 184 valence electrons. The third kappa shape index (κ3) is 5.98. The molecule has 2 atom stereocenters. The predicted molar refractivity (Wildman–Crippen MR) is 119 cm³/mol. The minimum Gasteiger partial charge on any atom is -0.460 e. The van der Waals surface area contributed by atoms with Crippen LogP contribution in [0.1, 0.15) is 36.6 Å². The number of allylic oxidation sites excluding steroid dienone is 1. The smallest absolute Gasteiger partial charge is 0.416 e. The first-order valence-electron chi connectivity index (χ1n) is 10.6. The second-order valence-electron chi connectivity index (χ2n) is 7.74. The van der Waals surface area contributed by atoms with Crippen LogP contribution >= 0.6 is 0 Å². The van der Waals surface area contributed by atoms with Gasteiger partial charge in [0, 0.05) is 18.3 Å². The molecule has 3 N–H and O–H groups in total. The first-order valence-corrected chi connectivity index (χ1v) is 10.6. The highest BCUT2D eigenvalue weighted by atomic mass is 19.4. The zero-order valence-corrected chi connectivity index (χ0v) is 18.9. The molecule has 0 saturated carbocycles. The molecule has 3 rings (SSSR count). The molecule has 0 fully saturated rings. The molecule has 11 heteroatoms. The fourth-order valence-electron chi connectivity index (χ4n) is 3.72. The number of aliphatic hydroxyl groups excluding tert-OH is 1. The summed E-state index contributed by atoms with van der Waals surface area (Å²) in [6.07, 6.45) is -6.08. The van der Waals surface area contributed by atoms with Gasteiger partial charge in [-0.3, -0.25) is 10.1 Å². The monoisotopic (exact) mass is 488 g/mol. The molecule has 0 aliphatic carbocycles. The van der Waals surface area contributed by atoms with E-state index >= 15 is 0 Å². The highest BCUT2D eigenvalue weighted by molar-refractivity contribution is 5.92. The average Bonchev–Trinajstić information content (AvgIpc) is 2.81. The Hall–Kier alpha value is -3.88. The molecule has 1 heterocycles. The maximum atomic E-state index is 13.3. The van der Waals surface area contributed by atoms with E-state index in [2.05, 4.69) is 10.6 Å². The minimum atomic E-state index is -4.60. The van der Waals surface area contributed by atoms with Gasteiger partial charge in [0.25, 0.3) is 0 Å². The zero-order valence-electron chi connectivity index (χ0n) is 18.9. The fourth-order valence-corrected chi connectivity index (χ4v) is 3.72. The summed E-state index contributed by atoms with van der Waals surface area (Å²) in [7, 11) is 0. The summed E-state index contributed by atoms with van der Waals surface area (Å²) in [5.41, 5.74) is 0.244. The van der Waals surface area contributed by atoms with Crippen LogP contribution in [-0.4, -0.2) is 36.5 Å². The molecule has 0 spiro atoms. The highest BCUT2D eigenvalue weighted by Gasteiger charge is 2.38. The number of nitrogens with one attached hydrogen (secondary N) is 2. The van der Waals surface area contributed by atoms with Gasteiger partial charge >= 0.3 is 12.1 Å². The second kappa shape index (κ2) is 10.6. The lowest BCUT2D eigenvalue weighted by Crippen LogP contribution is -2.52. The van der Waals surface area contributed by atoms with E-state index < -0.39 is 30.1 Å². The maximum absolute atomic E-state index is 13.3. The number of amides is 1. The molecular weight excluding hydrogens is 465 g/mol. The Bertz CT molecular complexity index is 1170. The third-order valence-electron chi connectivity index (χ3n) is 5.35. The molecule has 1 aliphatic heterocycles. The number of aliphatic hydroxyl groups is 1. The van der Waals surface area contributed by atoms with Crippen LogP contribution < -0.4 is 15.5 Å². The summed E-state index contributed by atoms with van der Waals surface area (Å²) < 4.78 is 45.1. The van der Waals surface area contributed by atoms with E-state index in [0.29, 0.717) is 11.1 Å². The molecule has 0 radical (unpaired) electrons. The van der Waals surface area contributed by atoms with E-state index in [9.17, 15) is 27.9 Å². The molecule has 1 amide bonds. The number of nitriles is 1. The SMILES string of the molecule is CC(=O)NCCOC(=O)C1=C(C)N(c2cccc(C(F)(F)F)c2)C(O)NC1c1ccc(C#N)cc1. The number of carbonyl (C=O) groups is 2. The summed E-state index contributed by atoms with van der Waals surface area (Å²) in [6.45, 7) is 2.74. The van der Waals surface area contributed by atoms with Gasteiger partial charge in [-0.05, 0) is 42.8 Å². The van der Waals surface area contributed by atoms with Crippen LogP contribution in [0.3, 0.4) is 0 Å². The third-order valence-corrected chi connectivity index (χ3v) is 5.35. The van der Waals surface area contributed by atoms with Gasteiger partial charge in [0.1, 0.15) is 6.61 Å². The lowest BCUT2D eigenvalue weighted by molar-refractivity contribution is -0.140. The van der Waals surface area contributed by atoms with Crippen molar-refractivity contribution in [2.24, 2.45) is 0 Å². The van der Waals surface area contributed by atoms with Crippen LogP contribution in [0.2, 0.25) is 0 Å². The van der Waals surface area contributed by atoms with Crippen LogP contribution in [0.5, 0.6) is 0 Å². The number of alkyl halides is 3. The topological polar surface area (TPSA) is 115 Å². The van der Waals surface area contributed by atoms with Gasteiger partial charge in [-0.15, -0.1) is 0 Å². The Kier molecular flexibility index (Phi) is 7.78. The number of anilines is 1. The lowest BCUT2D eigenvalue weighted by atomic mass is 9.93. The van der Waals surface area contributed by atoms with Crippen molar-refractivity contribution < 1.29 is 32.6 Å². The van der Waals surface area contributed by atoms with Gasteiger partial charge in [0.2, 0.25) is 5.91 Å². The summed E-state index contributed by atoms with van der Waals surface area (Å²) in [5, 5.41) is 25.2. The Morgan fingerprint density at radius 3 is 2.51 bits per heavy atom. The number of nitrogens with zero attached hydrogens (tertiary/aromatic N) is 2. The molecule has 0 saturated heterocycles. The Balaban J connectivity index is 2.03. The Morgan fingerprint density at radius 2 is 1.91 bits per heavy atom. The van der Waals surface area contributed by atoms with Crippen LogP contribution in [-0.2, 0) is 20.5 Å². The van der Waals surface area contributed by atoms with Gasteiger partial charge < -0.3 is 20.1 Å². The number of esters is 1. The number of hydrogen-bond donors (Lipinski definition) is 3. The molecule has 2 aromatic carbocycles. The first-order chi connectivity index (χ1) is 16.5. The van der Waals surface area contributed by atoms with Crippen LogP contribution in [0, 0.1) is 11.3 Å². The first kappa shape index (κ1) is 25.7. The van der Waals surface area contributed by atoms with E-state index in [1.165, 1.54) is 43.0 Å². The van der Waals surface area contributed by atoms with Crippen LogP contribution in [0.25, 0.3) is 0 Å². The van der Waals surface area contributed by atoms with Crippen molar-refractivity contribution in [1.82, 2.24) is 10.6 Å². The molecule has 1 aliphatic rings. The molecule has 0 bridgehead atoms. The lowest BCUT2D eigenvalue weighted by Gasteiger charge is -2.40. The van der Waals surface area contributed by atoms with Gasteiger partial charge in [-0.2, -0.15) is 18.4 Å². The quantitative estimate of drug-likeness (QED) is 0.423. The molecule has 0 aromatic heterocycles. The second-order valence-corrected chi connectivity index (χ2v) is 7.74. The number of halogens is 3. The Morgan fingerprint density at radius 1 is 1.23 bits per heavy atom. The van der Waals surface area contributed by atoms with E-state index in [-0.39, 0.29) is 36.0 Å². The van der Waals surface area contributed by atoms with Crippen molar-refractivity contribution in [2.45, 2.75) is 32.4 Å². The van der Waals surface area contributed by atoms with Crippen molar-refractivity contribution in [1.29, 1.82) is 5.26 Å². The molecule has 35 heavy (non-hydrogen) atoms. The van der Waals surface area contributed by atoms with Crippen LogP contribution in [0.4, 0.5) is 18.9 Å². The maximum Gasteiger partial charge on any atom is 0.416 e. The summed E-state index contributed by atoms with van der Waals surface area (Å²) in [4.78, 5) is 25.3. The van der Waals surface area contributed by atoms with Crippen molar-refractivity contribution in [3.05, 3.63) is 76.5 Å². The number of hydrogen-bond acceptors (Lipinski definition) is 7. The number of rotatable bonds is 6.